The summed E-state index contributed by atoms with van der Waals surface area (Å²) in [5.41, 5.74) is 8.58. The molecule has 1 saturated heterocycles. The fraction of sp³-hybridized carbons (Fsp3) is 0.214. The third-order valence-corrected chi connectivity index (χ3v) is 7.83. The zero-order valence-corrected chi connectivity index (χ0v) is 20.6. The number of hydrogen-bond acceptors (Lipinski definition) is 6. The Morgan fingerprint density at radius 1 is 1.00 bits per heavy atom. The van der Waals surface area contributed by atoms with Gasteiger partial charge in [0, 0.05) is 46.5 Å². The Morgan fingerprint density at radius 3 is 2.83 bits per heavy atom. The quantitative estimate of drug-likeness (QED) is 0.296. The van der Waals surface area contributed by atoms with Crippen LogP contribution in [0, 0.1) is 0 Å². The number of nitrogens with one attached hydrogen (secondary N) is 2. The van der Waals surface area contributed by atoms with E-state index in [4.69, 9.17) is 4.98 Å². The zero-order valence-electron chi connectivity index (χ0n) is 19.7. The molecule has 6 aromatic heterocycles. The number of piperidine rings is 1. The number of aromatic nitrogens is 6. The molecule has 0 aromatic carbocycles. The van der Waals surface area contributed by atoms with Crippen LogP contribution in [-0.2, 0) is 6.54 Å². The predicted molar refractivity (Wildman–Crippen MR) is 145 cm³/mol. The molecule has 0 saturated carbocycles. The summed E-state index contributed by atoms with van der Waals surface area (Å²) in [6.07, 6.45) is 9.63. The molecule has 0 bridgehead atoms. The Hall–Kier alpha value is -3.88. The van der Waals surface area contributed by atoms with E-state index < -0.39 is 0 Å². The van der Waals surface area contributed by atoms with Crippen molar-refractivity contribution in [1.82, 2.24) is 35.0 Å². The summed E-state index contributed by atoms with van der Waals surface area (Å²) in [4.78, 5) is 21.3. The molecule has 7 heterocycles. The lowest BCUT2D eigenvalue weighted by atomic mass is 10.1. The van der Waals surface area contributed by atoms with Crippen LogP contribution in [-0.4, -0.2) is 48.1 Å². The Bertz CT molecular complexity index is 1660. The molecule has 178 valence electrons. The highest BCUT2D eigenvalue weighted by molar-refractivity contribution is 7.13. The van der Waals surface area contributed by atoms with Gasteiger partial charge in [0.25, 0.3) is 0 Å². The second-order valence-corrected chi connectivity index (χ2v) is 10.3. The largest absolute Gasteiger partial charge is 0.338 e. The van der Waals surface area contributed by atoms with Crippen LogP contribution in [0.15, 0.2) is 66.4 Å². The lowest BCUT2D eigenvalue weighted by Crippen LogP contribution is -2.29. The van der Waals surface area contributed by atoms with E-state index in [9.17, 15) is 0 Å². The molecular formula is C28H25N7S. The van der Waals surface area contributed by atoms with Crippen LogP contribution >= 0.6 is 11.3 Å². The molecule has 1 aliphatic heterocycles. The van der Waals surface area contributed by atoms with E-state index in [-0.39, 0.29) is 0 Å². The molecule has 1 aliphatic rings. The van der Waals surface area contributed by atoms with Gasteiger partial charge in [0.1, 0.15) is 16.9 Å². The number of thiophene rings is 1. The van der Waals surface area contributed by atoms with Gasteiger partial charge in [-0.2, -0.15) is 5.10 Å². The summed E-state index contributed by atoms with van der Waals surface area (Å²) in [7, 11) is 0. The van der Waals surface area contributed by atoms with Crippen molar-refractivity contribution in [3.05, 3.63) is 72.0 Å². The summed E-state index contributed by atoms with van der Waals surface area (Å²) in [5.74, 6) is 0. The van der Waals surface area contributed by atoms with E-state index in [1.807, 2.05) is 30.7 Å². The number of hydrogen-bond donors (Lipinski definition) is 2. The van der Waals surface area contributed by atoms with Crippen molar-refractivity contribution in [3.8, 4) is 33.1 Å². The number of fused-ring (bicyclic) bond motifs is 2. The smallest absolute Gasteiger partial charge is 0.138 e. The Kier molecular flexibility index (Phi) is 5.33. The van der Waals surface area contributed by atoms with Crippen LogP contribution in [0.2, 0.25) is 0 Å². The third kappa shape index (κ3) is 3.88. The first-order valence-electron chi connectivity index (χ1n) is 12.4. The lowest BCUT2D eigenvalue weighted by molar-refractivity contribution is 0.220. The minimum atomic E-state index is 0.791. The van der Waals surface area contributed by atoms with Crippen LogP contribution in [0.3, 0.4) is 0 Å². The van der Waals surface area contributed by atoms with Gasteiger partial charge < -0.3 is 4.98 Å². The number of nitrogens with zero attached hydrogens (tertiary/aromatic N) is 5. The summed E-state index contributed by atoms with van der Waals surface area (Å²) < 4.78 is 0. The first kappa shape index (κ1) is 21.4. The molecule has 6 aromatic rings. The molecule has 7 rings (SSSR count). The zero-order chi connectivity index (χ0) is 23.9. The monoisotopic (exact) mass is 491 g/mol. The van der Waals surface area contributed by atoms with Crippen molar-refractivity contribution in [2.45, 2.75) is 25.8 Å². The Labute approximate surface area is 212 Å². The van der Waals surface area contributed by atoms with Crippen LogP contribution < -0.4 is 0 Å². The standard InChI is InChI=1S/C28H25N7S/c1-2-10-35(11-3-1)17-18-13-19(16-29-15-18)22-6-7-23-26(31-22)27(34-33-23)24-14-21-20(25-5-4-12-36-25)8-9-30-28(21)32-24/h4-9,12-16H,1-3,10-11,17H2,(H,30,32)(H,33,34). The van der Waals surface area contributed by atoms with Crippen molar-refractivity contribution >= 4 is 33.4 Å². The van der Waals surface area contributed by atoms with Gasteiger partial charge in [-0.3, -0.25) is 15.0 Å². The molecule has 36 heavy (non-hydrogen) atoms. The molecule has 1 fully saturated rings. The van der Waals surface area contributed by atoms with Gasteiger partial charge in [0.2, 0.25) is 0 Å². The second kappa shape index (κ2) is 8.96. The maximum absolute atomic E-state index is 5.03. The molecular weight excluding hydrogens is 466 g/mol. The van der Waals surface area contributed by atoms with E-state index in [1.165, 1.54) is 48.4 Å². The highest BCUT2D eigenvalue weighted by Gasteiger charge is 2.17. The minimum Gasteiger partial charge on any atom is -0.338 e. The number of aromatic amines is 2. The maximum Gasteiger partial charge on any atom is 0.138 e. The summed E-state index contributed by atoms with van der Waals surface area (Å²) in [6.45, 7) is 3.27. The van der Waals surface area contributed by atoms with Crippen molar-refractivity contribution < 1.29 is 0 Å². The molecule has 0 spiro atoms. The molecule has 0 atom stereocenters. The summed E-state index contributed by atoms with van der Waals surface area (Å²) >= 11 is 1.73. The summed E-state index contributed by atoms with van der Waals surface area (Å²) in [5, 5.41) is 10.9. The van der Waals surface area contributed by atoms with Gasteiger partial charge >= 0.3 is 0 Å². The van der Waals surface area contributed by atoms with Gasteiger partial charge in [0.05, 0.1) is 16.9 Å². The van der Waals surface area contributed by atoms with Gasteiger partial charge in [-0.15, -0.1) is 11.3 Å². The molecule has 0 aliphatic carbocycles. The normalized spacial score (nSPS) is 14.7. The second-order valence-electron chi connectivity index (χ2n) is 9.36. The van der Waals surface area contributed by atoms with Crippen LogP contribution in [0.5, 0.6) is 0 Å². The average Bonchev–Trinajstić information content (AvgIpc) is 3.68. The number of H-pyrrole nitrogens is 2. The van der Waals surface area contributed by atoms with Gasteiger partial charge in [0.15, 0.2) is 0 Å². The van der Waals surface area contributed by atoms with E-state index in [0.717, 1.165) is 51.3 Å². The summed E-state index contributed by atoms with van der Waals surface area (Å²) in [6, 6.07) is 14.7. The molecule has 0 amide bonds. The van der Waals surface area contributed by atoms with E-state index in [0.29, 0.717) is 0 Å². The molecule has 7 nitrogen and oxygen atoms in total. The number of rotatable bonds is 5. The van der Waals surface area contributed by atoms with E-state index >= 15 is 0 Å². The van der Waals surface area contributed by atoms with Gasteiger partial charge in [-0.1, -0.05) is 12.5 Å². The van der Waals surface area contributed by atoms with Crippen molar-refractivity contribution in [2.24, 2.45) is 0 Å². The molecule has 2 N–H and O–H groups in total. The average molecular weight is 492 g/mol. The highest BCUT2D eigenvalue weighted by Crippen LogP contribution is 2.35. The van der Waals surface area contributed by atoms with E-state index in [2.05, 4.69) is 65.8 Å². The lowest BCUT2D eigenvalue weighted by Gasteiger charge is -2.26. The van der Waals surface area contributed by atoms with Crippen molar-refractivity contribution in [2.75, 3.05) is 13.1 Å². The maximum atomic E-state index is 5.03. The van der Waals surface area contributed by atoms with Crippen LogP contribution in [0.1, 0.15) is 24.8 Å². The van der Waals surface area contributed by atoms with Crippen LogP contribution in [0.4, 0.5) is 0 Å². The van der Waals surface area contributed by atoms with E-state index in [1.54, 1.807) is 11.3 Å². The first-order chi connectivity index (χ1) is 17.8. The van der Waals surface area contributed by atoms with Gasteiger partial charge in [-0.05, 0) is 73.3 Å². The van der Waals surface area contributed by atoms with Crippen LogP contribution in [0.25, 0.3) is 55.2 Å². The minimum absolute atomic E-state index is 0.791. The first-order valence-corrected chi connectivity index (χ1v) is 13.2. The topological polar surface area (TPSA) is 86.4 Å². The third-order valence-electron chi connectivity index (χ3n) is 6.93. The van der Waals surface area contributed by atoms with Crippen molar-refractivity contribution in [3.63, 3.8) is 0 Å². The number of pyridine rings is 3. The fourth-order valence-corrected chi connectivity index (χ4v) is 5.90. The molecule has 0 radical (unpaired) electrons. The van der Waals surface area contributed by atoms with Gasteiger partial charge in [-0.25, -0.2) is 9.97 Å². The highest BCUT2D eigenvalue weighted by atomic mass is 32.1. The number of likely N-dealkylation sites (tertiary alicyclic amines) is 1. The molecule has 0 unspecified atom stereocenters. The SMILES string of the molecule is c1csc(-c2ccnc3[nH]c(-c4n[nH]c5ccc(-c6cncc(CN7CCCCC7)c6)nc45)cc23)c1. The Balaban J connectivity index is 1.26. The Morgan fingerprint density at radius 2 is 1.94 bits per heavy atom. The molecule has 8 heteroatoms. The van der Waals surface area contributed by atoms with Crippen molar-refractivity contribution in [1.29, 1.82) is 0 Å². The fourth-order valence-electron chi connectivity index (χ4n) is 5.14. The predicted octanol–water partition coefficient (Wildman–Crippen LogP) is 6.28.